The van der Waals surface area contributed by atoms with Gasteiger partial charge >= 0.3 is 0 Å². The molecule has 0 fully saturated rings. The second-order valence-corrected chi connectivity index (χ2v) is 4.09. The predicted octanol–water partition coefficient (Wildman–Crippen LogP) is 2.61. The van der Waals surface area contributed by atoms with Crippen LogP contribution in [0.25, 0.3) is 22.0 Å². The largest absolute Gasteiger partial charge is 0.359 e. The molecule has 0 saturated heterocycles. The number of H-pyrrole nitrogens is 1. The number of nitrogens with zero attached hydrogens (tertiary/aromatic N) is 1. The van der Waals surface area contributed by atoms with Crippen molar-refractivity contribution in [1.82, 2.24) is 4.98 Å². The molecule has 0 radical (unpaired) electrons. The van der Waals surface area contributed by atoms with Crippen LogP contribution >= 0.6 is 0 Å². The summed E-state index contributed by atoms with van der Waals surface area (Å²) in [6.07, 6.45) is 1.99. The molecule has 0 amide bonds. The summed E-state index contributed by atoms with van der Waals surface area (Å²) < 4.78 is 0. The second-order valence-electron chi connectivity index (χ2n) is 4.09. The lowest BCUT2D eigenvalue weighted by Gasteiger charge is -1.96. The first kappa shape index (κ1) is 10.6. The van der Waals surface area contributed by atoms with Crippen LogP contribution in [0.4, 0.5) is 0 Å². The van der Waals surface area contributed by atoms with E-state index in [4.69, 9.17) is 5.84 Å². The van der Waals surface area contributed by atoms with Crippen LogP contribution in [0.5, 0.6) is 0 Å². The van der Waals surface area contributed by atoms with Gasteiger partial charge in [-0.25, -0.2) is 0 Å². The van der Waals surface area contributed by atoms with Gasteiger partial charge in [0.15, 0.2) is 0 Å². The number of benzene rings is 1. The van der Waals surface area contributed by atoms with E-state index in [-0.39, 0.29) is 0 Å². The van der Waals surface area contributed by atoms with Gasteiger partial charge in [0.05, 0.1) is 5.52 Å². The molecule has 3 heteroatoms. The van der Waals surface area contributed by atoms with Crippen LogP contribution in [0.3, 0.4) is 0 Å². The molecule has 2 aromatic carbocycles. The lowest BCUT2D eigenvalue weighted by atomic mass is 10.1. The summed E-state index contributed by atoms with van der Waals surface area (Å²) in [6.45, 7) is 0. The van der Waals surface area contributed by atoms with Gasteiger partial charge in [-0.1, -0.05) is 48.5 Å². The fourth-order valence-corrected chi connectivity index (χ4v) is 2.17. The summed E-state index contributed by atoms with van der Waals surface area (Å²) in [5, 5.41) is 5.70. The third-order valence-electron chi connectivity index (χ3n) is 3.03. The van der Waals surface area contributed by atoms with E-state index in [1.807, 2.05) is 42.6 Å². The van der Waals surface area contributed by atoms with Gasteiger partial charge < -0.3 is 10.8 Å². The van der Waals surface area contributed by atoms with Gasteiger partial charge in [-0.2, -0.15) is 5.10 Å². The molecule has 1 aromatic heterocycles. The van der Waals surface area contributed by atoms with Crippen molar-refractivity contribution in [2.75, 3.05) is 0 Å². The summed E-state index contributed by atoms with van der Waals surface area (Å²) in [7, 11) is 0. The van der Waals surface area contributed by atoms with Crippen LogP contribution in [0.1, 0.15) is 0 Å². The fraction of sp³-hybridized carbons (Fsp3) is 0. The van der Waals surface area contributed by atoms with Crippen LogP contribution in [0.2, 0.25) is 0 Å². The highest BCUT2D eigenvalue weighted by Gasteiger charge is 2.05. The Balaban J connectivity index is 2.39. The normalized spacial score (nSPS) is 11.9. The zero-order valence-corrected chi connectivity index (χ0v) is 9.80. The first-order chi connectivity index (χ1) is 8.90. The maximum Gasteiger partial charge on any atom is 0.107 e. The monoisotopic (exact) mass is 235 g/mol. The number of nitrogens with one attached hydrogen (secondary N) is 1. The van der Waals surface area contributed by atoms with Crippen molar-refractivity contribution in [3.63, 3.8) is 0 Å². The maximum absolute atomic E-state index is 5.42. The average molecular weight is 235 g/mol. The molecule has 3 aromatic rings. The van der Waals surface area contributed by atoms with Crippen molar-refractivity contribution in [2.24, 2.45) is 10.9 Å². The van der Waals surface area contributed by atoms with Gasteiger partial charge in [-0.05, 0) is 11.6 Å². The van der Waals surface area contributed by atoms with Crippen LogP contribution in [0, 0.1) is 0 Å². The molecule has 0 bridgehead atoms. The predicted molar refractivity (Wildman–Crippen MR) is 73.5 cm³/mol. The highest BCUT2D eigenvalue weighted by Crippen LogP contribution is 2.26. The Hall–Kier alpha value is -2.55. The topological polar surface area (TPSA) is 54.2 Å². The first-order valence-corrected chi connectivity index (χ1v) is 5.80. The van der Waals surface area contributed by atoms with E-state index in [0.29, 0.717) is 0 Å². The average Bonchev–Trinajstić information content (AvgIpc) is 2.73. The quantitative estimate of drug-likeness (QED) is 0.494. The van der Waals surface area contributed by atoms with Crippen molar-refractivity contribution in [3.8, 4) is 11.1 Å². The summed E-state index contributed by atoms with van der Waals surface area (Å²) >= 11 is 0. The van der Waals surface area contributed by atoms with Gasteiger partial charge in [-0.15, -0.1) is 0 Å². The lowest BCUT2D eigenvalue weighted by Crippen LogP contribution is -2.03. The summed E-state index contributed by atoms with van der Waals surface area (Å²) in [4.78, 5) is 3.25. The highest BCUT2D eigenvalue weighted by atomic mass is 15.1. The van der Waals surface area contributed by atoms with Gasteiger partial charge in [0, 0.05) is 17.1 Å². The Labute approximate surface area is 105 Å². The molecule has 3 rings (SSSR count). The van der Waals surface area contributed by atoms with E-state index in [1.54, 1.807) is 0 Å². The molecule has 0 unspecified atom stereocenters. The van der Waals surface area contributed by atoms with Crippen molar-refractivity contribution in [1.29, 1.82) is 0 Å². The van der Waals surface area contributed by atoms with Crippen LogP contribution in [-0.4, -0.2) is 4.98 Å². The minimum atomic E-state index is 0.761. The third-order valence-corrected chi connectivity index (χ3v) is 3.03. The molecule has 88 valence electrons. The fourth-order valence-electron chi connectivity index (χ4n) is 2.17. The zero-order valence-electron chi connectivity index (χ0n) is 9.80. The molecule has 1 heterocycles. The van der Waals surface area contributed by atoms with Gasteiger partial charge in [0.1, 0.15) is 5.36 Å². The molecular weight excluding hydrogens is 222 g/mol. The van der Waals surface area contributed by atoms with Crippen molar-refractivity contribution >= 4 is 10.9 Å². The highest BCUT2D eigenvalue weighted by molar-refractivity contribution is 5.94. The Bertz CT molecular complexity index is 742. The minimum absolute atomic E-state index is 0.761. The Morgan fingerprint density at radius 1 is 0.889 bits per heavy atom. The van der Waals surface area contributed by atoms with Gasteiger partial charge in [-0.3, -0.25) is 0 Å². The smallest absolute Gasteiger partial charge is 0.107 e. The number of aromatic nitrogens is 1. The Morgan fingerprint density at radius 3 is 2.39 bits per heavy atom. The Kier molecular flexibility index (Phi) is 2.57. The van der Waals surface area contributed by atoms with E-state index < -0.39 is 0 Å². The molecule has 0 aliphatic heterocycles. The standard InChI is InChI=1S/C15H13N3/c16-18-14-9-5-4-8-12-13(10-17-15(12)14)11-6-2-1-3-7-11/h1-10,17H,16H2/b18-14+. The van der Waals surface area contributed by atoms with Crippen LogP contribution < -0.4 is 11.2 Å². The van der Waals surface area contributed by atoms with Crippen molar-refractivity contribution in [2.45, 2.75) is 0 Å². The maximum atomic E-state index is 5.42. The lowest BCUT2D eigenvalue weighted by molar-refractivity contribution is 1.15. The summed E-state index contributed by atoms with van der Waals surface area (Å²) in [6, 6.07) is 18.2. The molecule has 0 aliphatic carbocycles. The molecular formula is C15H13N3. The molecule has 3 nitrogen and oxygen atoms in total. The molecule has 18 heavy (non-hydrogen) atoms. The number of fused-ring (bicyclic) bond motifs is 1. The molecule has 0 atom stereocenters. The van der Waals surface area contributed by atoms with Crippen molar-refractivity contribution in [3.05, 3.63) is 66.2 Å². The second kappa shape index (κ2) is 4.37. The first-order valence-electron chi connectivity index (χ1n) is 5.80. The number of hydrogen-bond donors (Lipinski definition) is 2. The number of nitrogens with two attached hydrogens (primary N) is 1. The van der Waals surface area contributed by atoms with E-state index in [2.05, 4.69) is 28.3 Å². The molecule has 0 spiro atoms. The molecule has 0 aliphatic rings. The summed E-state index contributed by atoms with van der Waals surface area (Å²) in [5.74, 6) is 5.42. The van der Waals surface area contributed by atoms with Crippen LogP contribution in [0.15, 0.2) is 65.9 Å². The zero-order chi connectivity index (χ0) is 12.4. The number of rotatable bonds is 1. The van der Waals surface area contributed by atoms with Crippen LogP contribution in [-0.2, 0) is 0 Å². The van der Waals surface area contributed by atoms with E-state index in [1.165, 1.54) is 5.56 Å². The molecule has 3 N–H and O–H groups in total. The molecule has 0 saturated carbocycles. The van der Waals surface area contributed by atoms with E-state index in [9.17, 15) is 0 Å². The SMILES string of the molecule is N/N=c1\ccccc2c(-c3ccccc3)c[nH]c12. The Morgan fingerprint density at radius 2 is 1.61 bits per heavy atom. The number of aromatic amines is 1. The van der Waals surface area contributed by atoms with Gasteiger partial charge in [0.2, 0.25) is 0 Å². The van der Waals surface area contributed by atoms with Crippen molar-refractivity contribution < 1.29 is 0 Å². The number of hydrogen-bond acceptors (Lipinski definition) is 2. The van der Waals surface area contributed by atoms with Gasteiger partial charge in [0.25, 0.3) is 0 Å². The summed E-state index contributed by atoms with van der Waals surface area (Å²) in [5.41, 5.74) is 3.30. The minimum Gasteiger partial charge on any atom is -0.359 e. The van der Waals surface area contributed by atoms with E-state index in [0.717, 1.165) is 21.8 Å². The van der Waals surface area contributed by atoms with E-state index >= 15 is 0 Å². The third kappa shape index (κ3) is 1.66.